The molecule has 3 aromatic carbocycles. The molecular weight excluding hydrogens is 959 g/mol. The Morgan fingerprint density at radius 1 is 0.533 bits per heavy atom. The van der Waals surface area contributed by atoms with Gasteiger partial charge in [0.25, 0.3) is 5.91 Å². The van der Waals surface area contributed by atoms with Gasteiger partial charge >= 0.3 is 17.9 Å². The van der Waals surface area contributed by atoms with Crippen LogP contribution in [0.25, 0.3) is 32.7 Å². The number of primary amides is 1. The average Bonchev–Trinajstić information content (AvgIpc) is 4.13. The standard InChI is InChI=1S/C19H15N5O2.C17H13N5O3.C17H11N5O2/c1-3-26-19(25)16-11-24(23-17(16)8-21)10-13-5-14-4-12(2)9-22-18(14)15(6-13)7-20;1-9-2-11-3-10(4-12(5-18)14(11)20-6-9)7-22-8-13(17(24)25)15(21-22)16(19)23;1-10-2-12-3-11(4-13(5-18)16(12)20-7-10)8-22-9-14(17(23)24)15(6-19)21-22/h4-6,9,11H,3,10H2,1-2H3;2-4,6,8H,7H2,1H3,(H2,19,23)(H,24,25);2-4,7,9H,8H2,1H3,(H,23,24). The van der Waals surface area contributed by atoms with Gasteiger partial charge in [0, 0.05) is 53.3 Å². The topological polar surface area (TPSA) is 355 Å². The van der Waals surface area contributed by atoms with E-state index in [4.69, 9.17) is 25.9 Å². The first-order valence-corrected chi connectivity index (χ1v) is 22.3. The molecule has 0 aliphatic heterocycles. The van der Waals surface area contributed by atoms with Crippen LogP contribution in [-0.4, -0.2) is 84.9 Å². The molecule has 9 aromatic rings. The highest BCUT2D eigenvalue weighted by Crippen LogP contribution is 2.24. The van der Waals surface area contributed by atoms with Crippen LogP contribution < -0.4 is 5.73 Å². The van der Waals surface area contributed by atoms with Crippen LogP contribution in [0.3, 0.4) is 0 Å². The van der Waals surface area contributed by atoms with Gasteiger partial charge in [-0.2, -0.15) is 41.6 Å². The zero-order valence-electron chi connectivity index (χ0n) is 40.3. The van der Waals surface area contributed by atoms with Gasteiger partial charge in [-0.3, -0.25) is 33.8 Å². The average molecular weight is 998 g/mol. The van der Waals surface area contributed by atoms with E-state index < -0.39 is 23.8 Å². The molecule has 6 aromatic heterocycles. The lowest BCUT2D eigenvalue weighted by molar-refractivity contribution is 0.0524. The van der Waals surface area contributed by atoms with Gasteiger partial charge in [-0.05, 0) is 116 Å². The van der Waals surface area contributed by atoms with E-state index in [0.717, 1.165) is 49.5 Å². The molecular formula is C53H39N15O7. The van der Waals surface area contributed by atoms with Crippen LogP contribution in [0.5, 0.6) is 0 Å². The van der Waals surface area contributed by atoms with Crippen LogP contribution in [0.1, 0.15) is 110 Å². The van der Waals surface area contributed by atoms with Crippen LogP contribution in [0, 0.1) is 77.4 Å². The Morgan fingerprint density at radius 2 is 0.893 bits per heavy atom. The van der Waals surface area contributed by atoms with E-state index in [9.17, 15) is 40.2 Å². The predicted octanol–water partition coefficient (Wildman–Crippen LogP) is 6.39. The van der Waals surface area contributed by atoms with Gasteiger partial charge in [0.05, 0.1) is 59.5 Å². The van der Waals surface area contributed by atoms with E-state index in [-0.39, 0.29) is 53.5 Å². The molecule has 0 atom stereocenters. The Hall–Kier alpha value is -11.2. The van der Waals surface area contributed by atoms with Crippen molar-refractivity contribution in [3.63, 3.8) is 0 Å². The predicted molar refractivity (Wildman–Crippen MR) is 265 cm³/mol. The van der Waals surface area contributed by atoms with Crippen molar-refractivity contribution in [1.29, 1.82) is 26.3 Å². The second-order valence-electron chi connectivity index (χ2n) is 16.7. The van der Waals surface area contributed by atoms with Gasteiger partial charge in [0.1, 0.15) is 47.0 Å². The van der Waals surface area contributed by atoms with E-state index >= 15 is 0 Å². The zero-order valence-corrected chi connectivity index (χ0v) is 40.3. The third-order valence-corrected chi connectivity index (χ3v) is 11.0. The maximum Gasteiger partial charge on any atom is 0.342 e. The molecule has 0 unspecified atom stereocenters. The summed E-state index contributed by atoms with van der Waals surface area (Å²) in [5.41, 5.74) is 12.9. The minimum atomic E-state index is -1.28. The summed E-state index contributed by atoms with van der Waals surface area (Å²) < 4.78 is 9.14. The molecule has 75 heavy (non-hydrogen) atoms. The number of hydrogen-bond donors (Lipinski definition) is 3. The number of pyridine rings is 3. The highest BCUT2D eigenvalue weighted by atomic mass is 16.5. The van der Waals surface area contributed by atoms with Crippen molar-refractivity contribution in [1.82, 2.24) is 44.3 Å². The second kappa shape index (κ2) is 22.3. The molecule has 0 radical (unpaired) electrons. The smallest absolute Gasteiger partial charge is 0.342 e. The maximum atomic E-state index is 11.9. The molecule has 22 nitrogen and oxygen atoms in total. The van der Waals surface area contributed by atoms with Crippen molar-refractivity contribution in [3.05, 3.63) is 176 Å². The molecule has 0 saturated carbocycles. The van der Waals surface area contributed by atoms with Crippen molar-refractivity contribution in [2.45, 2.75) is 47.3 Å². The number of aryl methyl sites for hydroxylation is 3. The largest absolute Gasteiger partial charge is 0.478 e. The number of esters is 1. The number of nitrogens with two attached hydrogens (primary N) is 1. The molecule has 4 N–H and O–H groups in total. The molecule has 22 heteroatoms. The van der Waals surface area contributed by atoms with Crippen molar-refractivity contribution in [2.75, 3.05) is 6.61 Å². The van der Waals surface area contributed by atoms with Gasteiger partial charge in [0.15, 0.2) is 17.1 Å². The fraction of sp³-hybridized carbons (Fsp3) is 0.151. The number of aromatic carboxylic acids is 2. The number of hydrogen-bond acceptors (Lipinski definition) is 16. The fourth-order valence-electron chi connectivity index (χ4n) is 7.88. The van der Waals surface area contributed by atoms with E-state index in [1.165, 1.54) is 32.6 Å². The van der Waals surface area contributed by atoms with Crippen LogP contribution in [0.15, 0.2) is 91.8 Å². The van der Waals surface area contributed by atoms with Gasteiger partial charge < -0.3 is 20.7 Å². The lowest BCUT2D eigenvalue weighted by Crippen LogP contribution is -2.16. The number of ether oxygens (including phenoxy) is 1. The van der Waals surface area contributed by atoms with Crippen LogP contribution in [0.4, 0.5) is 0 Å². The van der Waals surface area contributed by atoms with Crippen molar-refractivity contribution in [2.24, 2.45) is 5.73 Å². The molecule has 0 saturated heterocycles. The number of amides is 1. The van der Waals surface area contributed by atoms with E-state index in [0.29, 0.717) is 39.8 Å². The minimum absolute atomic E-state index is 0.0160. The molecule has 9 rings (SSSR count). The molecule has 368 valence electrons. The first-order chi connectivity index (χ1) is 35.9. The van der Waals surface area contributed by atoms with Gasteiger partial charge in [-0.15, -0.1) is 0 Å². The Kier molecular flexibility index (Phi) is 15.4. The number of nitriles is 5. The summed E-state index contributed by atoms with van der Waals surface area (Å²) in [7, 11) is 0. The quantitative estimate of drug-likeness (QED) is 0.118. The number of carboxylic acids is 2. The number of carbonyl (C=O) groups is 4. The van der Waals surface area contributed by atoms with Crippen molar-refractivity contribution < 1.29 is 34.1 Å². The van der Waals surface area contributed by atoms with Crippen molar-refractivity contribution in [3.8, 4) is 30.3 Å². The summed E-state index contributed by atoms with van der Waals surface area (Å²) in [5.74, 6) is -3.97. The first kappa shape index (κ1) is 51.7. The van der Waals surface area contributed by atoms with Crippen LogP contribution in [-0.2, 0) is 24.4 Å². The second-order valence-corrected chi connectivity index (χ2v) is 16.7. The number of carbonyl (C=O) groups excluding carboxylic acids is 2. The first-order valence-electron chi connectivity index (χ1n) is 22.3. The molecule has 6 heterocycles. The zero-order chi connectivity index (χ0) is 54.1. The maximum absolute atomic E-state index is 11.9. The summed E-state index contributed by atoms with van der Waals surface area (Å²) in [5, 5.41) is 79.0. The summed E-state index contributed by atoms with van der Waals surface area (Å²) in [6.07, 6.45) is 9.16. The normalized spacial score (nSPS) is 10.4. The Labute approximate surface area is 425 Å². The summed E-state index contributed by atoms with van der Waals surface area (Å²) in [4.78, 5) is 58.5. The molecule has 0 aliphatic carbocycles. The number of benzene rings is 3. The van der Waals surface area contributed by atoms with E-state index in [2.05, 4.69) is 48.5 Å². The molecule has 1 amide bonds. The number of nitrogens with zero attached hydrogens (tertiary/aromatic N) is 14. The Balaban J connectivity index is 0.000000164. The van der Waals surface area contributed by atoms with E-state index in [1.807, 2.05) is 63.2 Å². The lowest BCUT2D eigenvalue weighted by Gasteiger charge is -2.06. The molecule has 0 fully saturated rings. The monoisotopic (exact) mass is 997 g/mol. The van der Waals surface area contributed by atoms with Crippen LogP contribution >= 0.6 is 0 Å². The number of fused-ring (bicyclic) bond motifs is 3. The minimum Gasteiger partial charge on any atom is -0.478 e. The molecule has 0 bridgehead atoms. The van der Waals surface area contributed by atoms with Gasteiger partial charge in [-0.25, -0.2) is 14.4 Å². The number of carboxylic acid groups (broad SMARTS) is 2. The lowest BCUT2D eigenvalue weighted by atomic mass is 10.0. The van der Waals surface area contributed by atoms with E-state index in [1.54, 1.807) is 49.8 Å². The third kappa shape index (κ3) is 11.7. The van der Waals surface area contributed by atoms with Crippen LogP contribution in [0.2, 0.25) is 0 Å². The van der Waals surface area contributed by atoms with Crippen molar-refractivity contribution >= 4 is 56.5 Å². The fourth-order valence-corrected chi connectivity index (χ4v) is 7.88. The summed E-state index contributed by atoms with van der Waals surface area (Å²) in [6.45, 7) is 8.41. The van der Waals surface area contributed by atoms with Gasteiger partial charge in [0.2, 0.25) is 0 Å². The number of aromatic nitrogens is 9. The highest BCUT2D eigenvalue weighted by Gasteiger charge is 2.21. The SMILES string of the molecule is CCOC(=O)c1cn(Cc2cc(C#N)c3ncc(C)cc3c2)nc1C#N.Cc1cnc2c(C#N)cc(Cn3cc(C(=O)O)c(C#N)n3)cc2c1.Cc1cnc2c(C#N)cc(Cn3cc(C(=O)O)c(C(N)=O)n3)cc2c1. The summed E-state index contributed by atoms with van der Waals surface area (Å²) in [6, 6.07) is 26.6. The molecule has 0 aliphatic rings. The Morgan fingerprint density at radius 3 is 1.21 bits per heavy atom. The molecule has 0 spiro atoms. The Bertz CT molecular complexity index is 3990. The highest BCUT2D eigenvalue weighted by molar-refractivity contribution is 6.02. The van der Waals surface area contributed by atoms with Gasteiger partial charge in [-0.1, -0.05) is 0 Å². The third-order valence-electron chi connectivity index (χ3n) is 11.0. The number of rotatable bonds is 11. The summed E-state index contributed by atoms with van der Waals surface area (Å²) >= 11 is 0.